The molecule has 0 atom stereocenters. The van der Waals surface area contributed by atoms with Crippen LogP contribution in [0.15, 0.2) is 152 Å². The van der Waals surface area contributed by atoms with Crippen LogP contribution >= 0.6 is 23.7 Å². The predicted molar refractivity (Wildman–Crippen MR) is 200 cm³/mol. The number of rotatable bonds is 7. The van der Waals surface area contributed by atoms with Crippen LogP contribution < -0.4 is 21.2 Å². The standard InChI is InChI=1S/C25H22P2.C8H6S.C5H5.F6P.Ru/c1-5-13-22(14-6-1)26(23-15-7-2-8-16-23)21-27(24-17-9-3-10-18-24)25-19-11-4-12-20-25;9-7-6-8-4-2-1-3-5-8;1-2-4-5-3-1;1-7(2,3,4,5)6;/h1-20H,21H2;1-6H;1-5H;;/q;-2;;-1;+4. The van der Waals surface area contributed by atoms with Crippen molar-refractivity contribution in [3.05, 3.63) is 195 Å². The van der Waals surface area contributed by atoms with Crippen molar-refractivity contribution in [1.82, 2.24) is 0 Å². The minimum Gasteiger partial charge on any atom is -0.915 e. The largest absolute Gasteiger partial charge is 4.00 e. The summed E-state index contributed by atoms with van der Waals surface area (Å²) in [5, 5.41) is 8.37. The van der Waals surface area contributed by atoms with Crippen LogP contribution in [-0.4, -0.2) is 5.90 Å². The molecule has 5 radical (unpaired) electrons. The summed E-state index contributed by atoms with van der Waals surface area (Å²) < 4.78 is 59.2. The van der Waals surface area contributed by atoms with Gasteiger partial charge in [-0.2, -0.15) is 5.56 Å². The second-order valence-electron chi connectivity index (χ2n) is 9.93. The average molecular weight is 830 g/mol. The normalized spacial score (nSPS) is 13.7. The molecule has 0 unspecified atom stereocenters. The summed E-state index contributed by atoms with van der Waals surface area (Å²) in [7, 11) is -11.5. The van der Waals surface area contributed by atoms with Gasteiger partial charge in [-0.3, -0.25) is 6.08 Å². The molecule has 0 bridgehead atoms. The Morgan fingerprint density at radius 3 is 0.898 bits per heavy atom. The zero-order chi connectivity index (χ0) is 34.8. The monoisotopic (exact) mass is 830 g/mol. The number of benzene rings is 5. The van der Waals surface area contributed by atoms with Gasteiger partial charge in [0, 0.05) is 5.90 Å². The van der Waals surface area contributed by atoms with Crippen molar-refractivity contribution in [1.29, 1.82) is 0 Å². The van der Waals surface area contributed by atoms with Gasteiger partial charge in [-0.25, -0.2) is 0 Å². The second kappa shape index (κ2) is 20.4. The Bertz CT molecular complexity index is 1430. The molecule has 1 saturated carbocycles. The van der Waals surface area contributed by atoms with Crippen molar-refractivity contribution < 1.29 is 44.7 Å². The van der Waals surface area contributed by atoms with Crippen molar-refractivity contribution in [3.63, 3.8) is 0 Å². The topological polar surface area (TPSA) is 0 Å². The molecular weight excluding hydrogens is 796 g/mol. The quantitative estimate of drug-likeness (QED) is 0.0518. The van der Waals surface area contributed by atoms with E-state index in [1.807, 2.05) is 62.4 Å². The molecule has 1 aliphatic rings. The smallest absolute Gasteiger partial charge is 0.915 e. The molecule has 0 nitrogen and oxygen atoms in total. The molecule has 0 N–H and O–H groups in total. The van der Waals surface area contributed by atoms with Gasteiger partial charge < -0.3 is 18.0 Å². The van der Waals surface area contributed by atoms with E-state index in [1.54, 1.807) is 6.08 Å². The van der Waals surface area contributed by atoms with Gasteiger partial charge in [0.25, 0.3) is 0 Å². The Labute approximate surface area is 307 Å². The van der Waals surface area contributed by atoms with Gasteiger partial charge in [0.05, 0.1) is 0 Å². The van der Waals surface area contributed by atoms with Crippen LogP contribution in [0.5, 0.6) is 0 Å². The van der Waals surface area contributed by atoms with E-state index in [0.29, 0.717) is 0 Å². The summed E-state index contributed by atoms with van der Waals surface area (Å²) in [6.45, 7) is 0. The van der Waals surface area contributed by atoms with Gasteiger partial charge >= 0.3 is 52.5 Å². The van der Waals surface area contributed by atoms with Gasteiger partial charge in [0.1, 0.15) is 0 Å². The van der Waals surface area contributed by atoms with E-state index < -0.39 is 23.7 Å². The van der Waals surface area contributed by atoms with Gasteiger partial charge in [-0.05, 0) is 69.2 Å². The third-order valence-corrected chi connectivity index (χ3v) is 12.2. The van der Waals surface area contributed by atoms with E-state index in [-0.39, 0.29) is 19.5 Å². The molecule has 0 spiro atoms. The fourth-order valence-electron chi connectivity index (χ4n) is 4.14. The zero-order valence-electron chi connectivity index (χ0n) is 26.0. The molecule has 0 aliphatic heterocycles. The molecule has 1 aliphatic carbocycles. The summed E-state index contributed by atoms with van der Waals surface area (Å²) in [6, 6.07) is 54.0. The van der Waals surface area contributed by atoms with Crippen LogP contribution in [0.1, 0.15) is 5.56 Å². The minimum absolute atomic E-state index is 0. The molecular formula is C38H33F6P3RuS+. The molecule has 255 valence electrons. The Hall–Kier alpha value is -2.45. The Kier molecular flexibility index (Phi) is 17.8. The van der Waals surface area contributed by atoms with Crippen molar-refractivity contribution in [2.24, 2.45) is 0 Å². The molecule has 0 aromatic heterocycles. The summed E-state index contributed by atoms with van der Waals surface area (Å²) in [6.07, 6.45) is 11.8. The van der Waals surface area contributed by atoms with Crippen LogP contribution in [-0.2, 0) is 32.1 Å². The molecule has 5 aromatic rings. The van der Waals surface area contributed by atoms with E-state index in [9.17, 15) is 25.2 Å². The first-order valence-corrected chi connectivity index (χ1v) is 20.0. The van der Waals surface area contributed by atoms with Crippen LogP contribution in [0.4, 0.5) is 25.2 Å². The molecule has 5 aromatic carbocycles. The number of hydrogen-bond donors (Lipinski definition) is 0. The van der Waals surface area contributed by atoms with Crippen molar-refractivity contribution in [3.8, 4) is 0 Å². The zero-order valence-corrected chi connectivity index (χ0v) is 31.2. The van der Waals surface area contributed by atoms with Crippen LogP contribution in [0.25, 0.3) is 6.08 Å². The predicted octanol–water partition coefficient (Wildman–Crippen LogP) is 11.6. The van der Waals surface area contributed by atoms with Crippen LogP contribution in [0.3, 0.4) is 0 Å². The molecule has 0 amide bonds. The third-order valence-electron chi connectivity index (χ3n) is 6.14. The molecule has 1 fully saturated rings. The molecule has 0 heterocycles. The Morgan fingerprint density at radius 2 is 0.673 bits per heavy atom. The van der Waals surface area contributed by atoms with Gasteiger partial charge in [-0.15, -0.1) is 12.1 Å². The summed E-state index contributed by atoms with van der Waals surface area (Å²) >= 11 is 4.53. The van der Waals surface area contributed by atoms with E-state index >= 15 is 0 Å². The van der Waals surface area contributed by atoms with Crippen molar-refractivity contribution >= 4 is 63.6 Å². The Morgan fingerprint density at radius 1 is 0.449 bits per heavy atom. The molecule has 6 rings (SSSR count). The second-order valence-corrected chi connectivity index (χ2v) is 17.0. The van der Waals surface area contributed by atoms with Gasteiger partial charge in [-0.1, -0.05) is 140 Å². The van der Waals surface area contributed by atoms with E-state index in [1.165, 1.54) is 27.1 Å². The first kappa shape index (κ1) is 42.7. The van der Waals surface area contributed by atoms with Crippen LogP contribution in [0, 0.1) is 37.5 Å². The first-order valence-electron chi connectivity index (χ1n) is 14.5. The maximum Gasteiger partial charge on any atom is 4.00 e. The maximum absolute atomic E-state index is 10.7. The molecule has 0 saturated heterocycles. The third kappa shape index (κ3) is 20.1. The van der Waals surface area contributed by atoms with Gasteiger partial charge in [0.2, 0.25) is 0 Å². The number of hydrogen-bond acceptors (Lipinski definition) is 1. The van der Waals surface area contributed by atoms with E-state index in [0.717, 1.165) is 5.56 Å². The summed E-state index contributed by atoms with van der Waals surface area (Å²) in [5.41, 5.74) is 1.10. The molecule has 49 heavy (non-hydrogen) atoms. The summed E-state index contributed by atoms with van der Waals surface area (Å²) in [4.78, 5) is 0. The van der Waals surface area contributed by atoms with Crippen molar-refractivity contribution in [2.45, 2.75) is 0 Å². The van der Waals surface area contributed by atoms with Gasteiger partial charge in [0.15, 0.2) is 0 Å². The average Bonchev–Trinajstić information content (AvgIpc) is 3.67. The number of halogens is 6. The van der Waals surface area contributed by atoms with Crippen molar-refractivity contribution in [2.75, 3.05) is 5.90 Å². The fourth-order valence-corrected chi connectivity index (χ4v) is 10.7. The first-order chi connectivity index (χ1) is 22.8. The maximum atomic E-state index is 9.87. The van der Waals surface area contributed by atoms with Crippen LogP contribution in [0.2, 0.25) is 0 Å². The Balaban J connectivity index is 0.000000308. The van der Waals surface area contributed by atoms with E-state index in [4.69, 9.17) is 0 Å². The SMILES string of the molecule is F[P-](F)(F)(F)(F)F.[CH]1[CH][CH][CH][CH]1.[Ru+4].[S-][C-]=Cc1ccccc1.c1ccc(P(CP(c2ccccc2)c2ccccc2)c2ccccc2)cc1. The minimum atomic E-state index is -10.7. The summed E-state index contributed by atoms with van der Waals surface area (Å²) in [5.74, 6) is 1.17. The van der Waals surface area contributed by atoms with E-state index in [2.05, 4.69) is 139 Å². The molecule has 11 heteroatoms. The fraction of sp³-hybridized carbons (Fsp3) is 0.0263.